The minimum absolute atomic E-state index is 0.108. The number of nitrogens with one attached hydrogen (secondary N) is 1. The van der Waals surface area contributed by atoms with Crippen molar-refractivity contribution in [1.29, 1.82) is 0 Å². The van der Waals surface area contributed by atoms with E-state index >= 15 is 0 Å². The molecule has 0 radical (unpaired) electrons. The van der Waals surface area contributed by atoms with Gasteiger partial charge in [0.25, 0.3) is 0 Å². The third kappa shape index (κ3) is 2.68. The summed E-state index contributed by atoms with van der Waals surface area (Å²) in [4.78, 5) is 18.0. The van der Waals surface area contributed by atoms with Crippen molar-refractivity contribution in [1.82, 2.24) is 9.97 Å². The third-order valence-electron chi connectivity index (χ3n) is 2.70. The van der Waals surface area contributed by atoms with Crippen molar-refractivity contribution >= 4 is 18.2 Å². The number of hydrogen-bond acceptors (Lipinski definition) is 3. The number of carbonyl (C=O) groups is 1. The van der Waals surface area contributed by atoms with Gasteiger partial charge in [0.1, 0.15) is 16.3 Å². The maximum absolute atomic E-state index is 13.5. The molecule has 0 unspecified atom stereocenters. The lowest BCUT2D eigenvalue weighted by atomic mass is 10.0. The molecule has 0 saturated heterocycles. The molecule has 2 rings (SSSR count). The summed E-state index contributed by atoms with van der Waals surface area (Å²) in [6.45, 7) is 3.49. The average molecular weight is 278 g/mol. The van der Waals surface area contributed by atoms with Crippen LogP contribution in [0.2, 0.25) is 0 Å². The van der Waals surface area contributed by atoms with Gasteiger partial charge in [-0.1, -0.05) is 12.2 Å². The van der Waals surface area contributed by atoms with E-state index in [2.05, 4.69) is 9.97 Å². The molecule has 1 heterocycles. The lowest BCUT2D eigenvalue weighted by molar-refractivity contribution is 0.0696. The summed E-state index contributed by atoms with van der Waals surface area (Å²) in [6.07, 6.45) is 0. The number of aryl methyl sites for hydroxylation is 1. The Labute approximate surface area is 114 Å². The predicted molar refractivity (Wildman–Crippen MR) is 71.2 cm³/mol. The smallest absolute Gasteiger partial charge is 0.335 e. The SMILES string of the molecule is Cc1nc(=S)c(C)c(-c2cc(F)cc(C(=O)O)c2)[nH]1. The van der Waals surface area contributed by atoms with E-state index in [1.165, 1.54) is 12.1 Å². The number of rotatable bonds is 2. The van der Waals surface area contributed by atoms with Crippen molar-refractivity contribution in [2.45, 2.75) is 13.8 Å². The lowest BCUT2D eigenvalue weighted by Crippen LogP contribution is -2.01. The van der Waals surface area contributed by atoms with Gasteiger partial charge in [-0.05, 0) is 32.0 Å². The van der Waals surface area contributed by atoms with Crippen molar-refractivity contribution in [2.75, 3.05) is 0 Å². The van der Waals surface area contributed by atoms with Crippen LogP contribution in [0.1, 0.15) is 21.7 Å². The number of aromatic carboxylic acids is 1. The van der Waals surface area contributed by atoms with Crippen LogP contribution in [0.15, 0.2) is 18.2 Å². The lowest BCUT2D eigenvalue weighted by Gasteiger charge is -2.09. The third-order valence-corrected chi connectivity index (χ3v) is 3.10. The number of carboxylic acids is 1. The topological polar surface area (TPSA) is 66.0 Å². The Balaban J connectivity index is 2.72. The summed E-state index contributed by atoms with van der Waals surface area (Å²) < 4.78 is 13.9. The monoisotopic (exact) mass is 278 g/mol. The van der Waals surface area contributed by atoms with E-state index in [1.807, 2.05) is 0 Å². The fourth-order valence-corrected chi connectivity index (χ4v) is 2.03. The first-order chi connectivity index (χ1) is 8.88. The Hall–Kier alpha value is -2.08. The van der Waals surface area contributed by atoms with Crippen molar-refractivity contribution in [3.05, 3.63) is 45.6 Å². The van der Waals surface area contributed by atoms with Gasteiger partial charge in [-0.25, -0.2) is 14.2 Å². The largest absolute Gasteiger partial charge is 0.478 e. The van der Waals surface area contributed by atoms with E-state index in [-0.39, 0.29) is 5.56 Å². The fraction of sp³-hybridized carbons (Fsp3) is 0.154. The van der Waals surface area contributed by atoms with Gasteiger partial charge in [0.15, 0.2) is 0 Å². The summed E-state index contributed by atoms with van der Waals surface area (Å²) in [6, 6.07) is 3.64. The molecule has 2 aromatic rings. The molecule has 0 bridgehead atoms. The number of nitrogens with zero attached hydrogens (tertiary/aromatic N) is 1. The molecule has 1 aromatic carbocycles. The summed E-state index contributed by atoms with van der Waals surface area (Å²) in [7, 11) is 0. The normalized spacial score (nSPS) is 10.5. The van der Waals surface area contributed by atoms with Crippen molar-refractivity contribution in [3.8, 4) is 11.3 Å². The summed E-state index contributed by atoms with van der Waals surface area (Å²) in [5, 5.41) is 8.95. The molecule has 2 N–H and O–H groups in total. The zero-order valence-corrected chi connectivity index (χ0v) is 11.1. The summed E-state index contributed by atoms with van der Waals surface area (Å²) in [5.74, 6) is -1.20. The summed E-state index contributed by atoms with van der Waals surface area (Å²) in [5.41, 5.74) is 1.59. The molecule has 1 aromatic heterocycles. The zero-order valence-electron chi connectivity index (χ0n) is 10.3. The van der Waals surface area contributed by atoms with E-state index in [0.29, 0.717) is 27.3 Å². The first kappa shape index (κ1) is 13.4. The number of benzene rings is 1. The Kier molecular flexibility index (Phi) is 3.44. The molecule has 0 amide bonds. The molecule has 6 heteroatoms. The quantitative estimate of drug-likeness (QED) is 0.827. The highest BCUT2D eigenvalue weighted by molar-refractivity contribution is 7.71. The van der Waals surface area contributed by atoms with Gasteiger partial charge in [0.2, 0.25) is 0 Å². The molecule has 0 aliphatic rings. The Bertz CT molecular complexity index is 725. The van der Waals surface area contributed by atoms with E-state index in [0.717, 1.165) is 6.07 Å². The van der Waals surface area contributed by atoms with Gasteiger partial charge in [-0.2, -0.15) is 0 Å². The van der Waals surface area contributed by atoms with E-state index in [4.69, 9.17) is 17.3 Å². The number of aromatic amines is 1. The second-order valence-electron chi connectivity index (χ2n) is 4.16. The minimum atomic E-state index is -1.18. The molecular formula is C13H11FN2O2S. The molecule has 0 spiro atoms. The number of halogens is 1. The first-order valence-corrected chi connectivity index (χ1v) is 5.91. The highest BCUT2D eigenvalue weighted by Gasteiger charge is 2.11. The van der Waals surface area contributed by atoms with E-state index in [1.54, 1.807) is 13.8 Å². The van der Waals surface area contributed by atoms with Crippen LogP contribution in [0.5, 0.6) is 0 Å². The zero-order chi connectivity index (χ0) is 14.2. The van der Waals surface area contributed by atoms with Crippen molar-refractivity contribution in [2.24, 2.45) is 0 Å². The van der Waals surface area contributed by atoms with Crippen LogP contribution in [0.25, 0.3) is 11.3 Å². The number of H-pyrrole nitrogens is 1. The van der Waals surface area contributed by atoms with E-state index in [9.17, 15) is 9.18 Å². The second kappa shape index (κ2) is 4.89. The maximum atomic E-state index is 13.5. The van der Waals surface area contributed by atoms with Gasteiger partial charge in [-0.15, -0.1) is 0 Å². The Morgan fingerprint density at radius 3 is 2.68 bits per heavy atom. The van der Waals surface area contributed by atoms with Crippen LogP contribution >= 0.6 is 12.2 Å². The van der Waals surface area contributed by atoms with Gasteiger partial charge in [0, 0.05) is 11.1 Å². The molecule has 0 aliphatic heterocycles. The van der Waals surface area contributed by atoms with Crippen LogP contribution in [-0.2, 0) is 0 Å². The Morgan fingerprint density at radius 2 is 2.05 bits per heavy atom. The molecule has 0 saturated carbocycles. The second-order valence-corrected chi connectivity index (χ2v) is 4.55. The van der Waals surface area contributed by atoms with Gasteiger partial charge < -0.3 is 10.1 Å². The first-order valence-electron chi connectivity index (χ1n) is 5.50. The molecule has 4 nitrogen and oxygen atoms in total. The highest BCUT2D eigenvalue weighted by atomic mass is 32.1. The van der Waals surface area contributed by atoms with Crippen molar-refractivity contribution in [3.63, 3.8) is 0 Å². The molecular weight excluding hydrogens is 267 g/mol. The number of aromatic nitrogens is 2. The highest BCUT2D eigenvalue weighted by Crippen LogP contribution is 2.24. The molecule has 0 aliphatic carbocycles. The minimum Gasteiger partial charge on any atom is -0.478 e. The van der Waals surface area contributed by atoms with Gasteiger partial charge in [0.05, 0.1) is 11.3 Å². The van der Waals surface area contributed by atoms with E-state index < -0.39 is 11.8 Å². The fourth-order valence-electron chi connectivity index (χ4n) is 1.79. The summed E-state index contributed by atoms with van der Waals surface area (Å²) >= 11 is 5.10. The van der Waals surface area contributed by atoms with Crippen molar-refractivity contribution < 1.29 is 14.3 Å². The van der Waals surface area contributed by atoms with Crippen LogP contribution in [-0.4, -0.2) is 21.0 Å². The van der Waals surface area contributed by atoms with Crippen LogP contribution in [0.3, 0.4) is 0 Å². The number of hydrogen-bond donors (Lipinski definition) is 2. The maximum Gasteiger partial charge on any atom is 0.335 e. The van der Waals surface area contributed by atoms with Gasteiger partial charge >= 0.3 is 5.97 Å². The van der Waals surface area contributed by atoms with Crippen LogP contribution in [0, 0.1) is 24.3 Å². The molecule has 98 valence electrons. The molecule has 0 fully saturated rings. The molecule has 0 atom stereocenters. The average Bonchev–Trinajstić information content (AvgIpc) is 2.32. The standard InChI is InChI=1S/C13H11FN2O2S/c1-6-11(15-7(2)16-12(6)19)8-3-9(13(17)18)5-10(14)4-8/h3-5H,1-2H3,(H,17,18)(H,15,16,19). The van der Waals surface area contributed by atoms with Crippen LogP contribution in [0.4, 0.5) is 4.39 Å². The molecule has 19 heavy (non-hydrogen) atoms. The predicted octanol–water partition coefficient (Wildman–Crippen LogP) is 3.26. The number of carboxylic acid groups (broad SMARTS) is 1. The Morgan fingerprint density at radius 1 is 1.37 bits per heavy atom. The van der Waals surface area contributed by atoms with Gasteiger partial charge in [-0.3, -0.25) is 0 Å². The van der Waals surface area contributed by atoms with Crippen LogP contribution < -0.4 is 0 Å².